The molecule has 1 heteroatoms. The van der Waals surface area contributed by atoms with Gasteiger partial charge in [-0.1, -0.05) is 63.1 Å². The highest BCUT2D eigenvalue weighted by Gasteiger charge is 1.58. The molecule has 64 valence electrons. The van der Waals surface area contributed by atoms with E-state index in [0.717, 1.165) is 0 Å². The van der Waals surface area contributed by atoms with Crippen LogP contribution in [0.25, 0.3) is 0 Å². The third-order valence-electron chi connectivity index (χ3n) is 1.17. The van der Waals surface area contributed by atoms with Crippen LogP contribution in [0.5, 0.6) is 0 Å². The van der Waals surface area contributed by atoms with Crippen LogP contribution in [0.4, 0.5) is 0 Å². The molecule has 0 aliphatic heterocycles. The first-order valence-electron chi connectivity index (χ1n) is 3.91. The van der Waals surface area contributed by atoms with E-state index in [1.165, 1.54) is 12.8 Å². The van der Waals surface area contributed by atoms with Gasteiger partial charge in [-0.05, 0) is 0 Å². The minimum Gasteiger partial charge on any atom is -0.344 e. The molecule has 0 saturated carbocycles. The zero-order valence-electron chi connectivity index (χ0n) is 7.59. The Hall–Kier alpha value is -0.820. The minimum atomic E-state index is 0. The number of unbranched alkanes of at least 4 members (excludes halogenated alkanes) is 1. The second-order valence-corrected chi connectivity index (χ2v) is 2.15. The van der Waals surface area contributed by atoms with Crippen LogP contribution in [0.2, 0.25) is 0 Å². The first-order valence-corrected chi connectivity index (χ1v) is 3.91. The van der Waals surface area contributed by atoms with Gasteiger partial charge in [0.05, 0.1) is 0 Å². The lowest BCUT2D eigenvalue weighted by atomic mass is 10.4. The molecule has 0 fully saturated rings. The Bertz CT molecular complexity index is 96.8. The molecule has 1 aromatic carbocycles. The number of rotatable bonds is 1. The van der Waals surface area contributed by atoms with Crippen LogP contribution in [0.1, 0.15) is 26.7 Å². The third-order valence-corrected chi connectivity index (χ3v) is 1.17. The second kappa shape index (κ2) is 11.9. The summed E-state index contributed by atoms with van der Waals surface area (Å²) in [5, 5.41) is 0. The molecule has 0 amide bonds. The van der Waals surface area contributed by atoms with Crippen molar-refractivity contribution in [1.82, 2.24) is 6.15 Å². The van der Waals surface area contributed by atoms with Gasteiger partial charge >= 0.3 is 0 Å². The second-order valence-electron chi connectivity index (χ2n) is 2.15. The molecule has 0 atom stereocenters. The van der Waals surface area contributed by atoms with Crippen molar-refractivity contribution in [2.75, 3.05) is 0 Å². The highest BCUT2D eigenvalue weighted by atomic mass is 14.0. The Balaban J connectivity index is 0. The molecule has 3 N–H and O–H groups in total. The fourth-order valence-electron chi connectivity index (χ4n) is 0.385. The minimum absolute atomic E-state index is 0. The van der Waals surface area contributed by atoms with E-state index in [2.05, 4.69) is 13.8 Å². The number of hydrogen-bond acceptors (Lipinski definition) is 1. The fourth-order valence-corrected chi connectivity index (χ4v) is 0.385. The molecule has 0 heterocycles. The maximum absolute atomic E-state index is 2.18. The highest BCUT2D eigenvalue weighted by Crippen LogP contribution is 1.79. The summed E-state index contributed by atoms with van der Waals surface area (Å²) in [4.78, 5) is 0. The Labute approximate surface area is 70.0 Å². The highest BCUT2D eigenvalue weighted by molar-refractivity contribution is 4.99. The predicted molar refractivity (Wildman–Crippen MR) is 52.0 cm³/mol. The van der Waals surface area contributed by atoms with Gasteiger partial charge in [0.15, 0.2) is 0 Å². The molecule has 0 aliphatic rings. The molecular formula is C10H19N. The van der Waals surface area contributed by atoms with E-state index in [0.29, 0.717) is 0 Å². The van der Waals surface area contributed by atoms with Crippen molar-refractivity contribution in [3.05, 3.63) is 36.4 Å². The summed E-state index contributed by atoms with van der Waals surface area (Å²) in [6, 6.07) is 12.0. The lowest BCUT2D eigenvalue weighted by molar-refractivity contribution is 0.886. The number of hydrogen-bond donors (Lipinski definition) is 1. The first kappa shape index (κ1) is 12.8. The van der Waals surface area contributed by atoms with Crippen molar-refractivity contribution >= 4 is 0 Å². The maximum Gasteiger partial charge on any atom is -0.0564 e. The molecule has 11 heavy (non-hydrogen) atoms. The predicted octanol–water partition coefficient (Wildman–Crippen LogP) is 3.66. The van der Waals surface area contributed by atoms with E-state index in [1.807, 2.05) is 36.4 Å². The van der Waals surface area contributed by atoms with E-state index < -0.39 is 0 Å². The largest absolute Gasteiger partial charge is 0.344 e. The van der Waals surface area contributed by atoms with Gasteiger partial charge in [0.1, 0.15) is 0 Å². The van der Waals surface area contributed by atoms with Gasteiger partial charge in [0, 0.05) is 0 Å². The van der Waals surface area contributed by atoms with E-state index in [9.17, 15) is 0 Å². The van der Waals surface area contributed by atoms with Crippen LogP contribution in [0.15, 0.2) is 36.4 Å². The van der Waals surface area contributed by atoms with Crippen LogP contribution < -0.4 is 6.15 Å². The average molecular weight is 153 g/mol. The summed E-state index contributed by atoms with van der Waals surface area (Å²) < 4.78 is 0. The Morgan fingerprint density at radius 2 is 0.818 bits per heavy atom. The van der Waals surface area contributed by atoms with Crippen LogP contribution >= 0.6 is 0 Å². The van der Waals surface area contributed by atoms with Gasteiger partial charge in [0.25, 0.3) is 0 Å². The molecule has 0 unspecified atom stereocenters. The molecule has 1 rings (SSSR count). The molecule has 0 bridgehead atoms. The van der Waals surface area contributed by atoms with E-state index >= 15 is 0 Å². The van der Waals surface area contributed by atoms with Crippen molar-refractivity contribution in [1.29, 1.82) is 0 Å². The monoisotopic (exact) mass is 153 g/mol. The van der Waals surface area contributed by atoms with Crippen molar-refractivity contribution in [2.45, 2.75) is 26.7 Å². The molecule has 1 nitrogen and oxygen atoms in total. The third kappa shape index (κ3) is 12.4. The summed E-state index contributed by atoms with van der Waals surface area (Å²) in [6.45, 7) is 4.36. The summed E-state index contributed by atoms with van der Waals surface area (Å²) in [7, 11) is 0. The van der Waals surface area contributed by atoms with Crippen LogP contribution in [0, 0.1) is 0 Å². The maximum atomic E-state index is 2.18. The number of benzene rings is 1. The van der Waals surface area contributed by atoms with Crippen molar-refractivity contribution in [3.63, 3.8) is 0 Å². The molecular weight excluding hydrogens is 134 g/mol. The molecule has 0 saturated heterocycles. The lowest BCUT2D eigenvalue weighted by Gasteiger charge is -1.69. The van der Waals surface area contributed by atoms with Crippen molar-refractivity contribution in [3.8, 4) is 0 Å². The summed E-state index contributed by atoms with van der Waals surface area (Å²) >= 11 is 0. The van der Waals surface area contributed by atoms with Gasteiger partial charge in [-0.15, -0.1) is 0 Å². The normalized spacial score (nSPS) is 7.09. The van der Waals surface area contributed by atoms with Gasteiger partial charge in [-0.2, -0.15) is 0 Å². The first-order chi connectivity index (χ1) is 4.91. The quantitative estimate of drug-likeness (QED) is 0.656. The topological polar surface area (TPSA) is 35.0 Å². The van der Waals surface area contributed by atoms with E-state index in [4.69, 9.17) is 0 Å². The van der Waals surface area contributed by atoms with Gasteiger partial charge in [-0.25, -0.2) is 0 Å². The zero-order valence-corrected chi connectivity index (χ0v) is 7.59. The molecule has 0 spiro atoms. The molecule has 0 aliphatic carbocycles. The smallest absolute Gasteiger partial charge is 0.0564 e. The Morgan fingerprint density at radius 3 is 0.909 bits per heavy atom. The average Bonchev–Trinajstić information content (AvgIpc) is 2.08. The molecule has 1 aromatic rings. The summed E-state index contributed by atoms with van der Waals surface area (Å²) in [5.41, 5.74) is 0. The summed E-state index contributed by atoms with van der Waals surface area (Å²) in [5.74, 6) is 0. The van der Waals surface area contributed by atoms with E-state index in [-0.39, 0.29) is 6.15 Å². The molecule has 0 aromatic heterocycles. The van der Waals surface area contributed by atoms with Gasteiger partial charge in [0.2, 0.25) is 0 Å². The van der Waals surface area contributed by atoms with Crippen molar-refractivity contribution in [2.24, 2.45) is 0 Å². The van der Waals surface area contributed by atoms with Crippen LogP contribution in [-0.4, -0.2) is 0 Å². The molecule has 0 radical (unpaired) electrons. The van der Waals surface area contributed by atoms with E-state index in [1.54, 1.807) is 0 Å². The van der Waals surface area contributed by atoms with Crippen LogP contribution in [0.3, 0.4) is 0 Å². The van der Waals surface area contributed by atoms with Gasteiger partial charge in [-0.3, -0.25) is 0 Å². The van der Waals surface area contributed by atoms with Crippen molar-refractivity contribution < 1.29 is 0 Å². The fraction of sp³-hybridized carbons (Fsp3) is 0.400. The standard InChI is InChI=1S/C6H6.C4H10.H3N/c1-2-4-6-5-3-1;1-3-4-2;/h1-6H;3-4H2,1-2H3;1H3. The Morgan fingerprint density at radius 1 is 0.636 bits per heavy atom. The van der Waals surface area contributed by atoms with Gasteiger partial charge < -0.3 is 6.15 Å². The lowest BCUT2D eigenvalue weighted by Crippen LogP contribution is -1.47. The SMILES string of the molecule is CCCC.N.c1ccccc1. The summed E-state index contributed by atoms with van der Waals surface area (Å²) in [6.07, 6.45) is 2.64. The zero-order chi connectivity index (χ0) is 7.66. The van der Waals surface area contributed by atoms with Crippen LogP contribution in [-0.2, 0) is 0 Å². The Kier molecular flexibility index (Phi) is 13.9.